The third-order valence-electron chi connectivity index (χ3n) is 6.26. The van der Waals surface area contributed by atoms with Gasteiger partial charge in [0.25, 0.3) is 11.8 Å². The van der Waals surface area contributed by atoms with Gasteiger partial charge in [0.2, 0.25) is 0 Å². The molecule has 35 heavy (non-hydrogen) atoms. The molecule has 2 aromatic carbocycles. The van der Waals surface area contributed by atoms with Crippen LogP contribution in [-0.2, 0) is 12.6 Å². The lowest BCUT2D eigenvalue weighted by Crippen LogP contribution is -2.38. The monoisotopic (exact) mass is 501 g/mol. The van der Waals surface area contributed by atoms with Crippen molar-refractivity contribution in [2.45, 2.75) is 31.4 Å². The van der Waals surface area contributed by atoms with Crippen LogP contribution in [0.3, 0.4) is 0 Å². The minimum absolute atomic E-state index is 0.0677. The first-order valence-electron chi connectivity index (χ1n) is 11.4. The van der Waals surface area contributed by atoms with Crippen molar-refractivity contribution in [1.82, 2.24) is 14.8 Å². The molecule has 0 saturated carbocycles. The molecule has 3 aromatic rings. The zero-order valence-corrected chi connectivity index (χ0v) is 20.1. The lowest BCUT2D eigenvalue weighted by molar-refractivity contribution is -0.138. The molecule has 0 radical (unpaired) electrons. The van der Waals surface area contributed by atoms with Crippen LogP contribution in [0.25, 0.3) is 0 Å². The number of hydrogen-bond acceptors (Lipinski definition) is 4. The predicted molar refractivity (Wildman–Crippen MR) is 129 cm³/mol. The topological polar surface area (TPSA) is 53.5 Å². The molecule has 0 unspecified atom stereocenters. The minimum Gasteiger partial charge on any atom is -0.340 e. The van der Waals surface area contributed by atoms with Crippen LogP contribution < -0.4 is 0 Å². The lowest BCUT2D eigenvalue weighted by Gasteiger charge is -2.31. The molecule has 1 saturated heterocycles. The average Bonchev–Trinajstić information content (AvgIpc) is 3.37. The van der Waals surface area contributed by atoms with E-state index in [1.807, 2.05) is 30.3 Å². The van der Waals surface area contributed by atoms with Crippen molar-refractivity contribution in [2.75, 3.05) is 26.7 Å². The Kier molecular flexibility index (Phi) is 7.54. The summed E-state index contributed by atoms with van der Waals surface area (Å²) in [5, 5.41) is 2.58. The van der Waals surface area contributed by atoms with Gasteiger partial charge < -0.3 is 9.80 Å². The van der Waals surface area contributed by atoms with E-state index in [0.717, 1.165) is 23.1 Å². The number of amides is 2. The highest BCUT2D eigenvalue weighted by Crippen LogP contribution is 2.34. The van der Waals surface area contributed by atoms with Crippen LogP contribution in [0.15, 0.2) is 60.0 Å². The zero-order chi connectivity index (χ0) is 25.0. The Morgan fingerprint density at radius 3 is 2.40 bits per heavy atom. The number of hydrogen-bond donors (Lipinski definition) is 0. The van der Waals surface area contributed by atoms with E-state index in [-0.39, 0.29) is 17.4 Å². The van der Waals surface area contributed by atoms with Crippen molar-refractivity contribution >= 4 is 23.2 Å². The number of carbonyl (C=O) groups excluding carboxylic acids is 2. The molecule has 1 aromatic heterocycles. The summed E-state index contributed by atoms with van der Waals surface area (Å²) in [4.78, 5) is 33.3. The third-order valence-corrected chi connectivity index (χ3v) is 7.27. The Labute approximate surface area is 206 Å². The van der Waals surface area contributed by atoms with E-state index < -0.39 is 17.6 Å². The molecular weight excluding hydrogens is 475 g/mol. The molecule has 0 atom stereocenters. The quantitative estimate of drug-likeness (QED) is 0.449. The molecule has 2 amide bonds. The summed E-state index contributed by atoms with van der Waals surface area (Å²) in [7, 11) is 1.76. The van der Waals surface area contributed by atoms with Gasteiger partial charge in [-0.1, -0.05) is 42.5 Å². The normalized spacial score (nSPS) is 14.7. The van der Waals surface area contributed by atoms with Gasteiger partial charge in [-0.3, -0.25) is 9.59 Å². The number of halogens is 3. The van der Waals surface area contributed by atoms with E-state index in [1.54, 1.807) is 17.3 Å². The highest BCUT2D eigenvalue weighted by Gasteiger charge is 2.36. The summed E-state index contributed by atoms with van der Waals surface area (Å²) in [6.07, 6.45) is -2.65. The number of rotatable bonds is 6. The molecule has 0 aliphatic carbocycles. The summed E-state index contributed by atoms with van der Waals surface area (Å²) >= 11 is 1.42. The molecule has 184 valence electrons. The van der Waals surface area contributed by atoms with E-state index in [9.17, 15) is 22.8 Å². The maximum absolute atomic E-state index is 13.3. The number of alkyl halides is 3. The second kappa shape index (κ2) is 10.6. The fourth-order valence-electron chi connectivity index (χ4n) is 4.23. The number of likely N-dealkylation sites (tertiary alicyclic amines) is 1. The SMILES string of the molecule is CN(CCc1ccccc1)C(=O)c1csc(C2CCN(C(=O)c3ccccc3C(F)(F)F)CC2)n1. The van der Waals surface area contributed by atoms with E-state index in [2.05, 4.69) is 4.98 Å². The van der Waals surface area contributed by atoms with Crippen LogP contribution in [0.1, 0.15) is 55.7 Å². The Morgan fingerprint density at radius 1 is 1.06 bits per heavy atom. The minimum atomic E-state index is -4.58. The molecule has 1 fully saturated rings. The van der Waals surface area contributed by atoms with Gasteiger partial charge in [-0.2, -0.15) is 13.2 Å². The summed E-state index contributed by atoms with van der Waals surface area (Å²) in [5.74, 6) is -0.677. The molecule has 4 rings (SSSR count). The second-order valence-corrected chi connectivity index (χ2v) is 9.53. The van der Waals surface area contributed by atoms with Gasteiger partial charge in [0.05, 0.1) is 16.1 Å². The van der Waals surface area contributed by atoms with Crippen molar-refractivity contribution < 1.29 is 22.8 Å². The summed E-state index contributed by atoms with van der Waals surface area (Å²) in [5.41, 5.74) is 0.328. The van der Waals surface area contributed by atoms with Gasteiger partial charge in [0, 0.05) is 38.0 Å². The van der Waals surface area contributed by atoms with Crippen LogP contribution in [0, 0.1) is 0 Å². The van der Waals surface area contributed by atoms with Gasteiger partial charge in [0.1, 0.15) is 5.69 Å². The molecule has 5 nitrogen and oxygen atoms in total. The van der Waals surface area contributed by atoms with Crippen molar-refractivity contribution in [3.05, 3.63) is 87.4 Å². The second-order valence-electron chi connectivity index (χ2n) is 8.64. The van der Waals surface area contributed by atoms with Crippen molar-refractivity contribution in [1.29, 1.82) is 0 Å². The lowest BCUT2D eigenvalue weighted by atomic mass is 9.96. The van der Waals surface area contributed by atoms with E-state index in [4.69, 9.17) is 0 Å². The van der Waals surface area contributed by atoms with Crippen molar-refractivity contribution in [3.8, 4) is 0 Å². The van der Waals surface area contributed by atoms with Crippen molar-refractivity contribution in [3.63, 3.8) is 0 Å². The maximum Gasteiger partial charge on any atom is 0.417 e. The Bertz CT molecular complexity index is 1170. The maximum atomic E-state index is 13.3. The van der Waals surface area contributed by atoms with Crippen LogP contribution >= 0.6 is 11.3 Å². The Hall–Kier alpha value is -3.20. The third kappa shape index (κ3) is 5.90. The molecule has 0 bridgehead atoms. The molecule has 1 aliphatic rings. The number of nitrogens with zero attached hydrogens (tertiary/aromatic N) is 3. The van der Waals surface area contributed by atoms with Crippen LogP contribution in [0.2, 0.25) is 0 Å². The first-order valence-corrected chi connectivity index (χ1v) is 12.3. The van der Waals surface area contributed by atoms with E-state index >= 15 is 0 Å². The summed E-state index contributed by atoms with van der Waals surface area (Å²) < 4.78 is 39.9. The van der Waals surface area contributed by atoms with Crippen LogP contribution in [-0.4, -0.2) is 53.3 Å². The van der Waals surface area contributed by atoms with Gasteiger partial charge >= 0.3 is 6.18 Å². The Balaban J connectivity index is 1.34. The first kappa shape index (κ1) is 24.9. The summed E-state index contributed by atoms with van der Waals surface area (Å²) in [6, 6.07) is 14.8. The standard InChI is InChI=1S/C26H26F3N3O2S/c1-31(14-11-18-7-3-2-4-8-18)25(34)22-17-35-23(30-22)19-12-15-32(16-13-19)24(33)20-9-5-6-10-21(20)26(27,28)29/h2-10,17,19H,11-16H2,1H3. The number of thiazole rings is 1. The highest BCUT2D eigenvalue weighted by molar-refractivity contribution is 7.09. The fraction of sp³-hybridized carbons (Fsp3) is 0.346. The van der Waals surface area contributed by atoms with E-state index in [1.165, 1.54) is 34.4 Å². The zero-order valence-electron chi connectivity index (χ0n) is 19.3. The number of piperidine rings is 1. The van der Waals surface area contributed by atoms with Gasteiger partial charge in [-0.25, -0.2) is 4.98 Å². The number of aromatic nitrogens is 1. The number of carbonyl (C=O) groups is 2. The largest absolute Gasteiger partial charge is 0.417 e. The molecule has 9 heteroatoms. The predicted octanol–water partition coefficient (Wildman–Crippen LogP) is 5.50. The van der Waals surface area contributed by atoms with Crippen LogP contribution in [0.4, 0.5) is 13.2 Å². The number of benzene rings is 2. The molecule has 0 spiro atoms. The number of likely N-dealkylation sites (N-methyl/N-ethyl adjacent to an activating group) is 1. The van der Waals surface area contributed by atoms with E-state index in [0.29, 0.717) is 38.2 Å². The van der Waals surface area contributed by atoms with Gasteiger partial charge in [-0.15, -0.1) is 11.3 Å². The Morgan fingerprint density at radius 2 is 1.71 bits per heavy atom. The first-order chi connectivity index (χ1) is 16.7. The molecule has 2 heterocycles. The average molecular weight is 502 g/mol. The molecular formula is C26H26F3N3O2S. The molecule has 1 aliphatic heterocycles. The van der Waals surface area contributed by atoms with Crippen LogP contribution in [0.5, 0.6) is 0 Å². The fourth-order valence-corrected chi connectivity index (χ4v) is 5.19. The smallest absolute Gasteiger partial charge is 0.340 e. The highest BCUT2D eigenvalue weighted by atomic mass is 32.1. The van der Waals surface area contributed by atoms with Gasteiger partial charge in [0.15, 0.2) is 0 Å². The van der Waals surface area contributed by atoms with Gasteiger partial charge in [-0.05, 0) is 37.0 Å². The molecule has 0 N–H and O–H groups in total. The van der Waals surface area contributed by atoms with Crippen molar-refractivity contribution in [2.24, 2.45) is 0 Å². The summed E-state index contributed by atoms with van der Waals surface area (Å²) in [6.45, 7) is 1.26.